The van der Waals surface area contributed by atoms with Crippen LogP contribution in [-0.4, -0.2) is 37.6 Å². The van der Waals surface area contributed by atoms with Crippen LogP contribution >= 0.6 is 11.6 Å². The van der Waals surface area contributed by atoms with Gasteiger partial charge in [0, 0.05) is 11.6 Å². The topological polar surface area (TPSA) is 29.5 Å². The number of benzene rings is 1. The fourth-order valence-corrected chi connectivity index (χ4v) is 2.78. The van der Waals surface area contributed by atoms with E-state index in [1.807, 2.05) is 24.3 Å². The highest BCUT2D eigenvalue weighted by atomic mass is 35.5. The minimum atomic E-state index is -0.248. The lowest BCUT2D eigenvalue weighted by Gasteiger charge is -2.29. The second-order valence-corrected chi connectivity index (χ2v) is 5.43. The molecule has 1 atom stereocenters. The summed E-state index contributed by atoms with van der Waals surface area (Å²) in [6.07, 6.45) is 3.71. The minimum Gasteiger partial charge on any atom is -0.469 e. The summed E-state index contributed by atoms with van der Waals surface area (Å²) in [5, 5.41) is 0.657. The number of carbonyl (C=O) groups is 1. The second kappa shape index (κ2) is 6.92. The Morgan fingerprint density at radius 3 is 2.74 bits per heavy atom. The molecular formula is C15H20ClNO2. The molecule has 1 unspecified atom stereocenters. The molecular weight excluding hydrogens is 262 g/mol. The van der Waals surface area contributed by atoms with E-state index in [0.29, 0.717) is 11.6 Å². The molecule has 0 spiro atoms. The van der Waals surface area contributed by atoms with Gasteiger partial charge in [0.2, 0.25) is 0 Å². The first kappa shape index (κ1) is 14.4. The molecule has 0 aliphatic carbocycles. The van der Waals surface area contributed by atoms with Gasteiger partial charge < -0.3 is 9.64 Å². The fraction of sp³-hybridized carbons (Fsp3) is 0.533. The number of nitrogens with zero attached hydrogens (tertiary/aromatic N) is 1. The van der Waals surface area contributed by atoms with Crippen LogP contribution in [0.2, 0.25) is 5.02 Å². The molecule has 1 aromatic rings. The second-order valence-electron chi connectivity index (χ2n) is 4.99. The van der Waals surface area contributed by atoms with Crippen LogP contribution in [0.1, 0.15) is 30.7 Å². The SMILES string of the molecule is COC(=O)C(CN1CCCCC1)c1cccc(Cl)c1. The highest BCUT2D eigenvalue weighted by Crippen LogP contribution is 2.23. The van der Waals surface area contributed by atoms with E-state index in [9.17, 15) is 4.79 Å². The molecule has 2 rings (SSSR count). The Bertz CT molecular complexity index is 430. The number of halogens is 1. The number of esters is 1. The first-order valence-corrected chi connectivity index (χ1v) is 7.14. The Morgan fingerprint density at radius 2 is 2.11 bits per heavy atom. The molecule has 1 aromatic carbocycles. The molecule has 0 saturated carbocycles. The summed E-state index contributed by atoms with van der Waals surface area (Å²) in [7, 11) is 1.44. The predicted molar refractivity (Wildman–Crippen MR) is 76.5 cm³/mol. The summed E-state index contributed by atoms with van der Waals surface area (Å²) < 4.78 is 4.94. The van der Waals surface area contributed by atoms with Gasteiger partial charge in [-0.1, -0.05) is 30.2 Å². The van der Waals surface area contributed by atoms with Crippen LogP contribution in [0.5, 0.6) is 0 Å². The monoisotopic (exact) mass is 281 g/mol. The lowest BCUT2D eigenvalue weighted by atomic mass is 9.97. The van der Waals surface area contributed by atoms with Gasteiger partial charge in [0.1, 0.15) is 0 Å². The quantitative estimate of drug-likeness (QED) is 0.795. The van der Waals surface area contributed by atoms with Gasteiger partial charge in [0.15, 0.2) is 0 Å². The van der Waals surface area contributed by atoms with E-state index in [0.717, 1.165) is 18.7 Å². The molecule has 4 heteroatoms. The molecule has 3 nitrogen and oxygen atoms in total. The van der Waals surface area contributed by atoms with Crippen molar-refractivity contribution in [2.24, 2.45) is 0 Å². The summed E-state index contributed by atoms with van der Waals surface area (Å²) in [6, 6.07) is 7.49. The Labute approximate surface area is 119 Å². The van der Waals surface area contributed by atoms with Crippen LogP contribution in [-0.2, 0) is 9.53 Å². The van der Waals surface area contributed by atoms with Gasteiger partial charge in [0.05, 0.1) is 13.0 Å². The average Bonchev–Trinajstić information content (AvgIpc) is 2.45. The van der Waals surface area contributed by atoms with E-state index in [2.05, 4.69) is 4.90 Å². The average molecular weight is 282 g/mol. The molecule has 0 radical (unpaired) electrons. The number of rotatable bonds is 4. The van der Waals surface area contributed by atoms with Gasteiger partial charge in [-0.15, -0.1) is 0 Å². The number of likely N-dealkylation sites (tertiary alicyclic amines) is 1. The van der Waals surface area contributed by atoms with Crippen LogP contribution in [0.3, 0.4) is 0 Å². The molecule has 0 aromatic heterocycles. The van der Waals surface area contributed by atoms with Crippen molar-refractivity contribution in [3.8, 4) is 0 Å². The van der Waals surface area contributed by atoms with E-state index in [-0.39, 0.29) is 11.9 Å². The van der Waals surface area contributed by atoms with Gasteiger partial charge in [-0.25, -0.2) is 0 Å². The third-order valence-electron chi connectivity index (χ3n) is 3.63. The van der Waals surface area contributed by atoms with Crippen LogP contribution < -0.4 is 0 Å². The molecule has 0 N–H and O–H groups in total. The summed E-state index contributed by atoms with van der Waals surface area (Å²) in [5.41, 5.74) is 0.935. The Balaban J connectivity index is 2.13. The molecule has 1 fully saturated rings. The molecule has 1 aliphatic rings. The van der Waals surface area contributed by atoms with E-state index >= 15 is 0 Å². The van der Waals surface area contributed by atoms with Crippen LogP contribution in [0.25, 0.3) is 0 Å². The normalized spacial score (nSPS) is 18.0. The van der Waals surface area contributed by atoms with Crippen molar-refractivity contribution in [2.45, 2.75) is 25.2 Å². The van der Waals surface area contributed by atoms with E-state index in [1.54, 1.807) is 0 Å². The summed E-state index contributed by atoms with van der Waals surface area (Å²) in [6.45, 7) is 2.84. The van der Waals surface area contributed by atoms with Crippen molar-refractivity contribution in [3.63, 3.8) is 0 Å². The lowest BCUT2D eigenvalue weighted by molar-refractivity contribution is -0.143. The zero-order valence-electron chi connectivity index (χ0n) is 11.3. The number of piperidine rings is 1. The van der Waals surface area contributed by atoms with Gasteiger partial charge in [0.25, 0.3) is 0 Å². The zero-order valence-corrected chi connectivity index (χ0v) is 12.0. The van der Waals surface area contributed by atoms with E-state index < -0.39 is 0 Å². The van der Waals surface area contributed by atoms with Crippen molar-refractivity contribution < 1.29 is 9.53 Å². The third-order valence-corrected chi connectivity index (χ3v) is 3.86. The highest BCUT2D eigenvalue weighted by molar-refractivity contribution is 6.30. The third kappa shape index (κ3) is 3.95. The van der Waals surface area contributed by atoms with Crippen molar-refractivity contribution in [2.75, 3.05) is 26.7 Å². The molecule has 104 valence electrons. The maximum Gasteiger partial charge on any atom is 0.314 e. The van der Waals surface area contributed by atoms with Gasteiger partial charge in [-0.05, 0) is 43.6 Å². The maximum atomic E-state index is 12.0. The van der Waals surface area contributed by atoms with Crippen molar-refractivity contribution in [3.05, 3.63) is 34.9 Å². The molecule has 1 aliphatic heterocycles. The first-order valence-electron chi connectivity index (χ1n) is 6.76. The molecule has 19 heavy (non-hydrogen) atoms. The molecule has 1 saturated heterocycles. The molecule has 0 bridgehead atoms. The maximum absolute atomic E-state index is 12.0. The van der Waals surface area contributed by atoms with Crippen LogP contribution in [0.4, 0.5) is 0 Å². The number of hydrogen-bond donors (Lipinski definition) is 0. The zero-order chi connectivity index (χ0) is 13.7. The summed E-state index contributed by atoms with van der Waals surface area (Å²) in [5.74, 6) is -0.436. The van der Waals surface area contributed by atoms with Gasteiger partial charge in [-0.2, -0.15) is 0 Å². The Morgan fingerprint density at radius 1 is 1.37 bits per heavy atom. The summed E-state index contributed by atoms with van der Waals surface area (Å²) in [4.78, 5) is 14.3. The summed E-state index contributed by atoms with van der Waals surface area (Å²) >= 11 is 6.01. The van der Waals surface area contributed by atoms with Crippen molar-refractivity contribution >= 4 is 17.6 Å². The Kier molecular flexibility index (Phi) is 5.23. The van der Waals surface area contributed by atoms with E-state index in [4.69, 9.17) is 16.3 Å². The Hall–Kier alpha value is -1.06. The standard InChI is InChI=1S/C15H20ClNO2/c1-19-15(18)14(11-17-8-3-2-4-9-17)12-6-5-7-13(16)10-12/h5-7,10,14H,2-4,8-9,11H2,1H3. The number of ether oxygens (including phenoxy) is 1. The predicted octanol–water partition coefficient (Wildman–Crippen LogP) is 3.08. The van der Waals surface area contributed by atoms with Crippen molar-refractivity contribution in [1.29, 1.82) is 0 Å². The van der Waals surface area contributed by atoms with Crippen LogP contribution in [0.15, 0.2) is 24.3 Å². The molecule has 0 amide bonds. The lowest BCUT2D eigenvalue weighted by Crippen LogP contribution is -2.36. The van der Waals surface area contributed by atoms with E-state index in [1.165, 1.54) is 26.4 Å². The van der Waals surface area contributed by atoms with Gasteiger partial charge in [-0.3, -0.25) is 4.79 Å². The van der Waals surface area contributed by atoms with Crippen molar-refractivity contribution in [1.82, 2.24) is 4.90 Å². The first-order chi connectivity index (χ1) is 9.20. The number of methoxy groups -OCH3 is 1. The molecule has 1 heterocycles. The van der Waals surface area contributed by atoms with Gasteiger partial charge >= 0.3 is 5.97 Å². The largest absolute Gasteiger partial charge is 0.469 e. The number of carbonyl (C=O) groups excluding carboxylic acids is 1. The minimum absolute atomic E-state index is 0.187. The van der Waals surface area contributed by atoms with Crippen LogP contribution in [0, 0.1) is 0 Å². The number of hydrogen-bond acceptors (Lipinski definition) is 3. The highest BCUT2D eigenvalue weighted by Gasteiger charge is 2.25. The fourth-order valence-electron chi connectivity index (χ4n) is 2.58. The smallest absolute Gasteiger partial charge is 0.314 e.